The fourth-order valence-corrected chi connectivity index (χ4v) is 5.51. The minimum absolute atomic E-state index is 0.0986. The molecule has 1 aliphatic rings. The molecule has 0 bridgehead atoms. The largest absolute Gasteiger partial charge is 0.355 e. The van der Waals surface area contributed by atoms with Gasteiger partial charge in [-0.25, -0.2) is 0 Å². The SMILES string of the molecule is Cc1ccc2cc(NC3=C(S(=O)(=O)O)C(C)(Cl)C(C(=O)c4ccccc4)C=C3)ccc2n1. The van der Waals surface area contributed by atoms with Crippen LogP contribution in [-0.4, -0.2) is 28.6 Å². The van der Waals surface area contributed by atoms with Crippen LogP contribution in [0.5, 0.6) is 0 Å². The van der Waals surface area contributed by atoms with Crippen molar-refractivity contribution in [2.45, 2.75) is 18.7 Å². The lowest BCUT2D eigenvalue weighted by molar-refractivity contribution is 0.0931. The summed E-state index contributed by atoms with van der Waals surface area (Å²) in [6, 6.07) is 17.7. The van der Waals surface area contributed by atoms with Crippen molar-refractivity contribution in [2.24, 2.45) is 5.92 Å². The van der Waals surface area contributed by atoms with Crippen molar-refractivity contribution in [1.82, 2.24) is 4.98 Å². The molecule has 2 aromatic carbocycles. The number of carbonyl (C=O) groups is 1. The molecular weight excluding hydrogens is 448 g/mol. The third kappa shape index (κ3) is 4.19. The number of pyridine rings is 1. The zero-order valence-electron chi connectivity index (χ0n) is 17.4. The van der Waals surface area contributed by atoms with E-state index in [-0.39, 0.29) is 11.5 Å². The average molecular weight is 469 g/mol. The predicted molar refractivity (Wildman–Crippen MR) is 126 cm³/mol. The van der Waals surface area contributed by atoms with Gasteiger partial charge < -0.3 is 5.32 Å². The number of hydrogen-bond donors (Lipinski definition) is 2. The van der Waals surface area contributed by atoms with E-state index in [1.165, 1.54) is 13.0 Å². The van der Waals surface area contributed by atoms with Crippen LogP contribution >= 0.6 is 11.6 Å². The molecule has 0 spiro atoms. The Labute approximate surface area is 191 Å². The number of anilines is 1. The van der Waals surface area contributed by atoms with Crippen LogP contribution in [0.15, 0.2) is 83.4 Å². The van der Waals surface area contributed by atoms with Crippen molar-refractivity contribution >= 4 is 44.1 Å². The van der Waals surface area contributed by atoms with Crippen LogP contribution in [0.4, 0.5) is 5.69 Å². The van der Waals surface area contributed by atoms with Crippen LogP contribution in [0.2, 0.25) is 0 Å². The van der Waals surface area contributed by atoms with E-state index in [1.807, 2.05) is 31.2 Å². The molecule has 6 nitrogen and oxygen atoms in total. The van der Waals surface area contributed by atoms with E-state index in [2.05, 4.69) is 10.3 Å². The number of nitrogens with zero attached hydrogens (tertiary/aromatic N) is 1. The summed E-state index contributed by atoms with van der Waals surface area (Å²) in [7, 11) is -4.73. The van der Waals surface area contributed by atoms with Crippen molar-refractivity contribution in [3.63, 3.8) is 0 Å². The quantitative estimate of drug-likeness (QED) is 0.306. The fourth-order valence-electron chi connectivity index (χ4n) is 3.92. The molecule has 4 rings (SSSR count). The molecule has 1 aliphatic carbocycles. The van der Waals surface area contributed by atoms with Gasteiger partial charge in [-0.2, -0.15) is 8.42 Å². The highest BCUT2D eigenvalue weighted by Crippen LogP contribution is 2.43. The summed E-state index contributed by atoms with van der Waals surface area (Å²) in [4.78, 5) is 15.4. The number of nitrogens with one attached hydrogen (secondary N) is 1. The highest BCUT2D eigenvalue weighted by molar-refractivity contribution is 7.90. The first-order valence-corrected chi connectivity index (χ1v) is 11.7. The Bertz CT molecular complexity index is 1380. The van der Waals surface area contributed by atoms with Crippen molar-refractivity contribution in [3.05, 3.63) is 94.7 Å². The van der Waals surface area contributed by atoms with Gasteiger partial charge in [0.1, 0.15) is 4.91 Å². The molecule has 0 saturated carbocycles. The van der Waals surface area contributed by atoms with Crippen molar-refractivity contribution in [1.29, 1.82) is 0 Å². The zero-order valence-corrected chi connectivity index (χ0v) is 19.0. The standard InChI is InChI=1S/C24H21ClN2O4S/c1-15-8-9-17-14-18(10-12-20(17)26-15)27-21-13-11-19(22(28)16-6-4-3-5-7-16)24(2,25)23(21)32(29,30)31/h3-14,19,27H,1-2H3,(H,29,30,31). The predicted octanol–water partition coefficient (Wildman–Crippen LogP) is 5.12. The van der Waals surface area contributed by atoms with Gasteiger partial charge in [-0.15, -0.1) is 11.6 Å². The van der Waals surface area contributed by atoms with Crippen LogP contribution in [-0.2, 0) is 10.1 Å². The van der Waals surface area contributed by atoms with Crippen molar-refractivity contribution < 1.29 is 17.8 Å². The number of aryl methyl sites for hydroxylation is 1. The third-order valence-electron chi connectivity index (χ3n) is 5.43. The maximum atomic E-state index is 13.1. The van der Waals surface area contributed by atoms with Gasteiger partial charge >= 0.3 is 0 Å². The van der Waals surface area contributed by atoms with E-state index in [0.717, 1.165) is 16.6 Å². The monoisotopic (exact) mass is 468 g/mol. The number of halogens is 1. The molecule has 3 aromatic rings. The average Bonchev–Trinajstić information content (AvgIpc) is 2.72. The molecule has 2 unspecified atom stereocenters. The second kappa shape index (κ2) is 8.16. The molecule has 0 radical (unpaired) electrons. The van der Waals surface area contributed by atoms with E-state index in [4.69, 9.17) is 11.6 Å². The molecule has 2 N–H and O–H groups in total. The molecule has 0 fully saturated rings. The molecule has 164 valence electrons. The van der Waals surface area contributed by atoms with Gasteiger partial charge in [-0.05, 0) is 44.2 Å². The second-order valence-electron chi connectivity index (χ2n) is 7.85. The van der Waals surface area contributed by atoms with Crippen LogP contribution in [0.3, 0.4) is 0 Å². The lowest BCUT2D eigenvalue weighted by Crippen LogP contribution is -2.41. The van der Waals surface area contributed by atoms with E-state index in [1.54, 1.807) is 42.5 Å². The van der Waals surface area contributed by atoms with Gasteiger partial charge in [-0.3, -0.25) is 14.3 Å². The Morgan fingerprint density at radius 3 is 2.53 bits per heavy atom. The number of benzene rings is 2. The number of carbonyl (C=O) groups excluding carboxylic acids is 1. The minimum atomic E-state index is -4.73. The molecule has 0 amide bonds. The van der Waals surface area contributed by atoms with Gasteiger partial charge in [-0.1, -0.05) is 42.5 Å². The first kappa shape index (κ1) is 22.2. The van der Waals surface area contributed by atoms with Crippen molar-refractivity contribution in [2.75, 3.05) is 5.32 Å². The molecule has 1 aromatic heterocycles. The van der Waals surface area contributed by atoms with E-state index in [0.29, 0.717) is 11.3 Å². The number of Topliss-reactive ketones (excluding diaryl/α,β-unsaturated/α-hetero) is 1. The van der Waals surface area contributed by atoms with Gasteiger partial charge in [0.05, 0.1) is 22.0 Å². The Morgan fingerprint density at radius 2 is 1.84 bits per heavy atom. The van der Waals surface area contributed by atoms with Crippen LogP contribution in [0.25, 0.3) is 10.9 Å². The second-order valence-corrected chi connectivity index (χ2v) is 9.99. The minimum Gasteiger partial charge on any atom is -0.355 e. The number of fused-ring (bicyclic) bond motifs is 1. The smallest absolute Gasteiger partial charge is 0.294 e. The summed E-state index contributed by atoms with van der Waals surface area (Å²) in [5.74, 6) is -1.33. The highest BCUT2D eigenvalue weighted by atomic mass is 35.5. The number of aromatic nitrogens is 1. The van der Waals surface area contributed by atoms with Crippen molar-refractivity contribution in [3.8, 4) is 0 Å². The molecule has 0 saturated heterocycles. The molecule has 0 aliphatic heterocycles. The number of allylic oxidation sites excluding steroid dienone is 3. The Morgan fingerprint density at radius 1 is 1.12 bits per heavy atom. The highest BCUT2D eigenvalue weighted by Gasteiger charge is 2.47. The number of rotatable bonds is 5. The van der Waals surface area contributed by atoms with Gasteiger partial charge in [0.2, 0.25) is 0 Å². The van der Waals surface area contributed by atoms with E-state index >= 15 is 0 Å². The van der Waals surface area contributed by atoms with Gasteiger partial charge in [0.15, 0.2) is 5.78 Å². The first-order valence-electron chi connectivity index (χ1n) is 9.90. The fraction of sp³-hybridized carbons (Fsp3) is 0.167. The van der Waals surface area contributed by atoms with E-state index < -0.39 is 25.8 Å². The number of hydrogen-bond acceptors (Lipinski definition) is 5. The maximum absolute atomic E-state index is 13.1. The number of ketones is 1. The van der Waals surface area contributed by atoms with Gasteiger partial charge in [0.25, 0.3) is 10.1 Å². The van der Waals surface area contributed by atoms with Crippen LogP contribution in [0, 0.1) is 12.8 Å². The number of alkyl halides is 1. The lowest BCUT2D eigenvalue weighted by Gasteiger charge is -2.34. The summed E-state index contributed by atoms with van der Waals surface area (Å²) in [6.45, 7) is 3.32. The zero-order chi connectivity index (χ0) is 23.1. The lowest BCUT2D eigenvalue weighted by atomic mass is 9.82. The third-order valence-corrected chi connectivity index (χ3v) is 7.13. The summed E-state index contributed by atoms with van der Waals surface area (Å²) < 4.78 is 34.8. The topological polar surface area (TPSA) is 96.4 Å². The molecule has 32 heavy (non-hydrogen) atoms. The molecular formula is C24H21ClN2O4S. The van der Waals surface area contributed by atoms with Gasteiger partial charge in [0, 0.05) is 22.3 Å². The Kier molecular flexibility index (Phi) is 5.67. The summed E-state index contributed by atoms with van der Waals surface area (Å²) in [5, 5.41) is 3.89. The van der Waals surface area contributed by atoms with E-state index in [9.17, 15) is 17.8 Å². The summed E-state index contributed by atoms with van der Waals surface area (Å²) in [5.41, 5.74) is 2.77. The molecule has 8 heteroatoms. The maximum Gasteiger partial charge on any atom is 0.294 e. The van der Waals surface area contributed by atoms with Crippen LogP contribution < -0.4 is 5.32 Å². The molecule has 1 heterocycles. The Hall–Kier alpha value is -3.00. The normalized spacial score (nSPS) is 21.1. The molecule has 2 atom stereocenters. The Balaban J connectivity index is 1.75. The first-order chi connectivity index (χ1) is 15.1. The summed E-state index contributed by atoms with van der Waals surface area (Å²) >= 11 is 6.69. The summed E-state index contributed by atoms with van der Waals surface area (Å²) in [6.07, 6.45) is 3.03. The van der Waals surface area contributed by atoms with Crippen LogP contribution in [0.1, 0.15) is 23.0 Å².